The first kappa shape index (κ1) is 29.0. The van der Waals surface area contributed by atoms with Crippen molar-refractivity contribution < 1.29 is 27.4 Å². The van der Waals surface area contributed by atoms with Crippen molar-refractivity contribution in [3.63, 3.8) is 0 Å². The number of hydrogen-bond acceptors (Lipinski definition) is 4. The molecule has 1 aromatic carbocycles. The first-order valence-corrected chi connectivity index (χ1v) is 12.7. The number of esters is 1. The number of allylic oxidation sites excluding steroid dienone is 3. The molecule has 0 saturated heterocycles. The molecule has 2 aliphatic rings. The van der Waals surface area contributed by atoms with Crippen LogP contribution in [0, 0.1) is 16.7 Å². The van der Waals surface area contributed by atoms with E-state index in [1.54, 1.807) is 12.1 Å². The van der Waals surface area contributed by atoms with Crippen molar-refractivity contribution in [1.29, 1.82) is 0 Å². The summed E-state index contributed by atoms with van der Waals surface area (Å²) in [6.07, 6.45) is 1.13. The van der Waals surface area contributed by atoms with Crippen LogP contribution >= 0.6 is 34.8 Å². The Morgan fingerprint density at radius 2 is 1.81 bits per heavy atom. The largest absolute Gasteiger partial charge is 0.458 e. The van der Waals surface area contributed by atoms with Gasteiger partial charge < -0.3 is 9.47 Å². The molecule has 0 radical (unpaired) electrons. The van der Waals surface area contributed by atoms with Crippen molar-refractivity contribution in [2.24, 2.45) is 21.7 Å². The van der Waals surface area contributed by atoms with E-state index in [0.717, 1.165) is 25.5 Å². The lowest BCUT2D eigenvalue weighted by molar-refractivity contribution is -0.279. The van der Waals surface area contributed by atoms with Crippen molar-refractivity contribution >= 4 is 45.4 Å². The number of carbonyl (C=O) groups is 1. The minimum atomic E-state index is -5.06. The molecular formula is C26H29Cl3F3NO3. The van der Waals surface area contributed by atoms with Crippen molar-refractivity contribution in [2.45, 2.75) is 63.3 Å². The number of alkyl halides is 4. The van der Waals surface area contributed by atoms with Gasteiger partial charge in [-0.25, -0.2) is 9.79 Å². The van der Waals surface area contributed by atoms with E-state index in [0.29, 0.717) is 0 Å². The minimum absolute atomic E-state index is 0.114. The fraction of sp³-hybridized carbons (Fsp3) is 0.538. The number of rotatable bonds is 6. The lowest BCUT2D eigenvalue weighted by Gasteiger charge is -2.56. The van der Waals surface area contributed by atoms with Gasteiger partial charge in [0.15, 0.2) is 4.63 Å². The molecule has 2 aliphatic carbocycles. The molecule has 4 nitrogen and oxygen atoms in total. The molecule has 0 spiro atoms. The molecule has 0 heterocycles. The molecule has 0 N–H and O–H groups in total. The number of benzene rings is 1. The van der Waals surface area contributed by atoms with Crippen LogP contribution in [0.3, 0.4) is 0 Å². The van der Waals surface area contributed by atoms with Crippen LogP contribution in [0.5, 0.6) is 0 Å². The quantitative estimate of drug-likeness (QED) is 0.201. The summed E-state index contributed by atoms with van der Waals surface area (Å²) in [7, 11) is 0.847. The van der Waals surface area contributed by atoms with E-state index in [9.17, 15) is 18.0 Å². The summed E-state index contributed by atoms with van der Waals surface area (Å²) in [5.41, 5.74) is -3.69. The zero-order valence-corrected chi connectivity index (χ0v) is 22.7. The first-order valence-electron chi connectivity index (χ1n) is 11.5. The van der Waals surface area contributed by atoms with Gasteiger partial charge in [0.2, 0.25) is 0 Å². The van der Waals surface area contributed by atoms with E-state index in [1.807, 2.05) is 20.8 Å². The highest BCUT2D eigenvalue weighted by molar-refractivity contribution is 6.95. The number of ether oxygens (including phenoxy) is 2. The molecule has 1 fully saturated rings. The first-order chi connectivity index (χ1) is 16.7. The summed E-state index contributed by atoms with van der Waals surface area (Å²) >= 11 is 18.0. The van der Waals surface area contributed by atoms with Crippen molar-refractivity contribution in [3.8, 4) is 0 Å². The van der Waals surface area contributed by atoms with Crippen LogP contribution in [0.4, 0.5) is 13.2 Å². The second kappa shape index (κ2) is 10.7. The van der Waals surface area contributed by atoms with E-state index >= 15 is 0 Å². The van der Waals surface area contributed by atoms with Crippen LogP contribution in [0.1, 0.15) is 45.6 Å². The minimum Gasteiger partial charge on any atom is -0.458 e. The molecule has 0 amide bonds. The van der Waals surface area contributed by atoms with Crippen LogP contribution in [0.15, 0.2) is 59.2 Å². The highest BCUT2D eigenvalue weighted by Crippen LogP contribution is 2.59. The second-order valence-corrected chi connectivity index (χ2v) is 11.5. The average Bonchev–Trinajstić information content (AvgIpc) is 2.77. The van der Waals surface area contributed by atoms with Gasteiger partial charge in [-0.2, -0.15) is 13.2 Å². The maximum absolute atomic E-state index is 14.4. The third-order valence-electron chi connectivity index (χ3n) is 7.50. The summed E-state index contributed by atoms with van der Waals surface area (Å²) in [6.45, 7) is 5.94. The van der Waals surface area contributed by atoms with Crippen molar-refractivity contribution in [2.75, 3.05) is 7.11 Å². The standard InChI is InChI=1S/C26H29Cl3F3NO3/c1-23(2)19-11-10-16(12-13-33-22(28)29)14-24(19,3)15-18(20(23)27)36-21(34)25(35-4,26(30,31)32)17-8-6-5-7-9-17/h5-9,12-14,18-20H,10-11,15H2,1-4H3/b13-12+/t18-,19+,20+,24+,25-/m1/s1. The van der Waals surface area contributed by atoms with Crippen LogP contribution in [0.2, 0.25) is 0 Å². The normalized spacial score (nSPS) is 29.6. The molecule has 5 atom stereocenters. The molecule has 0 unspecified atom stereocenters. The van der Waals surface area contributed by atoms with E-state index in [2.05, 4.69) is 11.1 Å². The fourth-order valence-electron chi connectivity index (χ4n) is 5.90. The molecular weight excluding hydrogens is 538 g/mol. The monoisotopic (exact) mass is 565 g/mol. The summed E-state index contributed by atoms with van der Waals surface area (Å²) in [6, 6.07) is 6.75. The van der Waals surface area contributed by atoms with Crippen molar-refractivity contribution in [1.82, 2.24) is 0 Å². The Hall–Kier alpha value is -1.54. The van der Waals surface area contributed by atoms with Gasteiger partial charge in [0.1, 0.15) is 6.10 Å². The molecule has 0 aliphatic heterocycles. The van der Waals surface area contributed by atoms with Crippen LogP contribution in [-0.2, 0) is 19.9 Å². The maximum Gasteiger partial charge on any atom is 0.432 e. The highest BCUT2D eigenvalue weighted by atomic mass is 35.5. The predicted molar refractivity (Wildman–Crippen MR) is 136 cm³/mol. The second-order valence-electron chi connectivity index (χ2n) is 10.1. The molecule has 0 aromatic heterocycles. The maximum atomic E-state index is 14.4. The molecule has 10 heteroatoms. The summed E-state index contributed by atoms with van der Waals surface area (Å²) in [5.74, 6) is -1.42. The Kier molecular flexibility index (Phi) is 8.61. The van der Waals surface area contributed by atoms with Crippen LogP contribution in [0.25, 0.3) is 0 Å². The van der Waals surface area contributed by atoms with Gasteiger partial charge >= 0.3 is 12.1 Å². The van der Waals surface area contributed by atoms with E-state index in [-0.39, 0.29) is 22.5 Å². The summed E-state index contributed by atoms with van der Waals surface area (Å²) < 4.78 is 53.5. The number of aliphatic imine (C=N–C) groups is 1. The van der Waals surface area contributed by atoms with Gasteiger partial charge in [-0.1, -0.05) is 57.2 Å². The Morgan fingerprint density at radius 3 is 2.36 bits per heavy atom. The summed E-state index contributed by atoms with van der Waals surface area (Å²) in [4.78, 5) is 17.2. The van der Waals surface area contributed by atoms with Gasteiger partial charge in [0.25, 0.3) is 5.60 Å². The lowest BCUT2D eigenvalue weighted by atomic mass is 9.52. The molecule has 3 rings (SSSR count). The third-order valence-corrected chi connectivity index (χ3v) is 8.54. The Bertz CT molecular complexity index is 1050. The van der Waals surface area contributed by atoms with Gasteiger partial charge in [0, 0.05) is 18.9 Å². The summed E-state index contributed by atoms with van der Waals surface area (Å²) in [5, 5.41) is -0.705. The molecule has 36 heavy (non-hydrogen) atoms. The predicted octanol–water partition coefficient (Wildman–Crippen LogP) is 7.73. The molecule has 1 aromatic rings. The lowest BCUT2D eigenvalue weighted by Crippen LogP contribution is -2.58. The SMILES string of the molecule is CO[C@@](C(=O)O[C@@H]1C[C@]2(C)C=C(/C=C/N=C(Cl)Cl)CC[C@H]2C(C)(C)[C@H]1Cl)(c1ccccc1)C(F)(F)F. The van der Waals surface area contributed by atoms with Gasteiger partial charge in [-0.05, 0) is 70.9 Å². The van der Waals surface area contributed by atoms with Gasteiger partial charge in [-0.3, -0.25) is 0 Å². The molecule has 1 saturated carbocycles. The Morgan fingerprint density at radius 1 is 1.17 bits per heavy atom. The molecule has 0 bridgehead atoms. The third kappa shape index (κ3) is 5.35. The van der Waals surface area contributed by atoms with Crippen molar-refractivity contribution in [3.05, 3.63) is 59.8 Å². The number of methoxy groups -OCH3 is 1. The average molecular weight is 567 g/mol. The number of carbonyl (C=O) groups excluding carboxylic acids is 1. The molecule has 198 valence electrons. The Balaban J connectivity index is 1.98. The zero-order chi connectivity index (χ0) is 26.9. The number of nitrogens with zero attached hydrogens (tertiary/aromatic N) is 1. The highest BCUT2D eigenvalue weighted by Gasteiger charge is 2.65. The fourth-order valence-corrected chi connectivity index (χ4v) is 6.30. The van der Waals surface area contributed by atoms with Crippen LogP contribution in [-0.4, -0.2) is 35.4 Å². The van der Waals surface area contributed by atoms with E-state index in [1.165, 1.54) is 30.5 Å². The van der Waals surface area contributed by atoms with Crippen LogP contribution < -0.4 is 0 Å². The number of hydrogen-bond donors (Lipinski definition) is 0. The van der Waals surface area contributed by atoms with Gasteiger partial charge in [0.05, 0.1) is 5.38 Å². The number of fused-ring (bicyclic) bond motifs is 1. The Labute approximate surface area is 224 Å². The van der Waals surface area contributed by atoms with Gasteiger partial charge in [-0.15, -0.1) is 11.6 Å². The smallest absolute Gasteiger partial charge is 0.432 e. The number of halogens is 6. The zero-order valence-electron chi connectivity index (χ0n) is 20.4. The van der Waals surface area contributed by atoms with E-state index < -0.39 is 40.1 Å². The van der Waals surface area contributed by atoms with E-state index in [4.69, 9.17) is 44.3 Å². The topological polar surface area (TPSA) is 47.9 Å².